The summed E-state index contributed by atoms with van der Waals surface area (Å²) in [6.07, 6.45) is 0. The average molecular weight is 536 g/mol. The molecule has 40 heavy (non-hydrogen) atoms. The summed E-state index contributed by atoms with van der Waals surface area (Å²) < 4.78 is 0. The molecule has 5 rings (SSSR count). The topological polar surface area (TPSA) is 78.2 Å². The van der Waals surface area contributed by atoms with Crippen LogP contribution in [0.2, 0.25) is 0 Å². The molecule has 1 aromatic heterocycles. The van der Waals surface area contributed by atoms with Crippen LogP contribution in [0.3, 0.4) is 0 Å². The van der Waals surface area contributed by atoms with Gasteiger partial charge in [0.05, 0.1) is 13.1 Å². The lowest BCUT2D eigenvalue weighted by atomic mass is 9.89. The van der Waals surface area contributed by atoms with E-state index in [-0.39, 0.29) is 23.7 Å². The minimum Gasteiger partial charge on any atom is -0.289 e. The first-order chi connectivity index (χ1) is 19.0. The maximum Gasteiger partial charge on any atom is 0.256 e. The third-order valence-electron chi connectivity index (χ3n) is 8.37. The third-order valence-corrected chi connectivity index (χ3v) is 8.37. The van der Waals surface area contributed by atoms with Gasteiger partial charge >= 0.3 is 0 Å². The molecular weight excluding hydrogens is 498 g/mol. The second-order valence-corrected chi connectivity index (χ2v) is 11.6. The van der Waals surface area contributed by atoms with Gasteiger partial charge in [0.1, 0.15) is 22.5 Å². The van der Waals surface area contributed by atoms with Gasteiger partial charge in [-0.3, -0.25) is 19.4 Å². The van der Waals surface area contributed by atoms with Crippen LogP contribution in [0.5, 0.6) is 0 Å². The summed E-state index contributed by atoms with van der Waals surface area (Å²) in [4.78, 5) is 46.0. The minimum absolute atomic E-state index is 0.00361. The molecule has 7 nitrogen and oxygen atoms in total. The lowest BCUT2D eigenvalue weighted by Gasteiger charge is -2.26. The number of pyridine rings is 1. The summed E-state index contributed by atoms with van der Waals surface area (Å²) in [6, 6.07) is 25.5. The van der Waals surface area contributed by atoms with E-state index in [0.29, 0.717) is 36.1 Å². The molecule has 0 saturated carbocycles. The zero-order valence-electron chi connectivity index (χ0n) is 24.1. The van der Waals surface area contributed by atoms with Crippen LogP contribution >= 0.6 is 0 Å². The molecule has 2 atom stereocenters. The van der Waals surface area contributed by atoms with E-state index in [0.717, 1.165) is 11.1 Å². The van der Waals surface area contributed by atoms with Crippen LogP contribution in [0.1, 0.15) is 64.1 Å². The van der Waals surface area contributed by atoms with Gasteiger partial charge < -0.3 is 0 Å². The van der Waals surface area contributed by atoms with Gasteiger partial charge in [0, 0.05) is 0 Å². The van der Waals surface area contributed by atoms with E-state index >= 15 is 0 Å². The maximum absolute atomic E-state index is 13.8. The summed E-state index contributed by atoms with van der Waals surface area (Å²) in [6.45, 7) is 12.7. The molecule has 2 aliphatic heterocycles. The van der Waals surface area contributed by atoms with Crippen molar-refractivity contribution in [3.8, 4) is 0 Å². The molecule has 2 aromatic carbocycles. The van der Waals surface area contributed by atoms with Gasteiger partial charge in [0.25, 0.3) is 11.8 Å². The van der Waals surface area contributed by atoms with E-state index in [4.69, 9.17) is 15.0 Å². The first-order valence-corrected chi connectivity index (χ1v) is 13.9. The molecule has 0 spiro atoms. The summed E-state index contributed by atoms with van der Waals surface area (Å²) in [5.41, 5.74) is 1.41. The smallest absolute Gasteiger partial charge is 0.256 e. The van der Waals surface area contributed by atoms with E-state index in [1.165, 1.54) is 0 Å². The number of benzene rings is 2. The van der Waals surface area contributed by atoms with E-state index in [9.17, 15) is 9.59 Å². The van der Waals surface area contributed by atoms with Crippen LogP contribution in [-0.2, 0) is 22.7 Å². The molecule has 0 unspecified atom stereocenters. The zero-order valence-corrected chi connectivity index (χ0v) is 24.1. The Morgan fingerprint density at radius 1 is 0.600 bits per heavy atom. The second kappa shape index (κ2) is 10.5. The van der Waals surface area contributed by atoms with E-state index in [2.05, 4.69) is 0 Å². The Morgan fingerprint density at radius 3 is 1.32 bits per heavy atom. The highest BCUT2D eigenvalue weighted by Crippen LogP contribution is 2.35. The first kappa shape index (κ1) is 27.4. The molecule has 7 heteroatoms. The molecule has 206 valence electrons. The minimum atomic E-state index is -0.891. The highest BCUT2D eigenvalue weighted by Gasteiger charge is 2.49. The molecule has 2 amide bonds. The third kappa shape index (κ3) is 4.74. The van der Waals surface area contributed by atoms with E-state index < -0.39 is 11.1 Å². The van der Waals surface area contributed by atoms with Crippen molar-refractivity contribution in [2.75, 3.05) is 0 Å². The second-order valence-electron chi connectivity index (χ2n) is 11.6. The molecule has 3 heterocycles. The number of carbonyl (C=O) groups is 2. The number of rotatable bonds is 8. The summed E-state index contributed by atoms with van der Waals surface area (Å²) in [5, 5.41) is 0. The number of nitrogens with zero attached hydrogens (tertiary/aromatic N) is 5. The van der Waals surface area contributed by atoms with Crippen molar-refractivity contribution in [3.63, 3.8) is 0 Å². The van der Waals surface area contributed by atoms with Crippen LogP contribution in [0.15, 0.2) is 88.8 Å². The SMILES string of the molecule is CC(C)[C@@]1(C)N=C(c2cccc(C3=N[C@](C)(C(C)C)C(=O)N3Cc3ccccc3)n2)N(Cc2ccccc2)C1=O. The molecule has 0 bridgehead atoms. The predicted octanol–water partition coefficient (Wildman–Crippen LogP) is 5.49. The lowest BCUT2D eigenvalue weighted by molar-refractivity contribution is -0.133. The number of carbonyl (C=O) groups excluding carboxylic acids is 2. The van der Waals surface area contributed by atoms with Gasteiger partial charge in [-0.05, 0) is 48.9 Å². The van der Waals surface area contributed by atoms with Crippen molar-refractivity contribution in [2.45, 2.75) is 65.7 Å². The Labute approximate surface area is 236 Å². The van der Waals surface area contributed by atoms with Gasteiger partial charge in [0.15, 0.2) is 11.7 Å². The number of aromatic nitrogens is 1. The molecular formula is C33H37N5O2. The fraction of sp³-hybridized carbons (Fsp3) is 0.364. The Bertz CT molecular complexity index is 1370. The number of aliphatic imine (C=N–C) groups is 2. The van der Waals surface area contributed by atoms with Gasteiger partial charge in [-0.15, -0.1) is 0 Å². The fourth-order valence-electron chi connectivity index (χ4n) is 5.05. The Hall–Kier alpha value is -4.13. The molecule has 0 radical (unpaired) electrons. The fourth-order valence-corrected chi connectivity index (χ4v) is 5.05. The lowest BCUT2D eigenvalue weighted by Crippen LogP contribution is -2.44. The highest BCUT2D eigenvalue weighted by atomic mass is 16.2. The molecule has 0 fully saturated rings. The first-order valence-electron chi connectivity index (χ1n) is 13.9. The quantitative estimate of drug-likeness (QED) is 0.383. The molecule has 2 aliphatic rings. The number of hydrogen-bond acceptors (Lipinski definition) is 5. The van der Waals surface area contributed by atoms with E-state index in [1.807, 2.05) is 120 Å². The molecule has 3 aromatic rings. The zero-order chi connectivity index (χ0) is 28.7. The van der Waals surface area contributed by atoms with Gasteiger partial charge in [-0.2, -0.15) is 0 Å². The van der Waals surface area contributed by atoms with Crippen LogP contribution in [-0.4, -0.2) is 49.3 Å². The maximum atomic E-state index is 13.8. The molecule has 0 saturated heterocycles. The van der Waals surface area contributed by atoms with Gasteiger partial charge in [0.2, 0.25) is 0 Å². The van der Waals surface area contributed by atoms with Crippen molar-refractivity contribution in [3.05, 3.63) is 101 Å². The number of amidine groups is 2. The number of hydrogen-bond donors (Lipinski definition) is 0. The monoisotopic (exact) mass is 535 g/mol. The predicted molar refractivity (Wildman–Crippen MR) is 158 cm³/mol. The normalized spacial score (nSPS) is 22.9. The molecule has 0 aliphatic carbocycles. The largest absolute Gasteiger partial charge is 0.289 e. The summed E-state index contributed by atoms with van der Waals surface area (Å²) in [5.74, 6) is 1.00. The number of amides is 2. The van der Waals surface area contributed by atoms with Gasteiger partial charge in [-0.1, -0.05) is 94.4 Å². The van der Waals surface area contributed by atoms with Crippen LogP contribution in [0, 0.1) is 11.8 Å². The Kier molecular flexibility index (Phi) is 7.17. The van der Waals surface area contributed by atoms with E-state index in [1.54, 1.807) is 9.80 Å². The van der Waals surface area contributed by atoms with Crippen LogP contribution in [0.4, 0.5) is 0 Å². The summed E-state index contributed by atoms with van der Waals surface area (Å²) >= 11 is 0. The van der Waals surface area contributed by atoms with Crippen LogP contribution in [0.25, 0.3) is 0 Å². The molecule has 0 N–H and O–H groups in total. The average Bonchev–Trinajstić information content (AvgIpc) is 3.37. The van der Waals surface area contributed by atoms with Gasteiger partial charge in [-0.25, -0.2) is 15.0 Å². The van der Waals surface area contributed by atoms with Crippen molar-refractivity contribution in [2.24, 2.45) is 21.8 Å². The summed E-state index contributed by atoms with van der Waals surface area (Å²) in [7, 11) is 0. The van der Waals surface area contributed by atoms with Crippen molar-refractivity contribution in [1.82, 2.24) is 14.8 Å². The Morgan fingerprint density at radius 2 is 0.975 bits per heavy atom. The van der Waals surface area contributed by atoms with Crippen molar-refractivity contribution < 1.29 is 9.59 Å². The highest BCUT2D eigenvalue weighted by molar-refractivity contribution is 6.16. The van der Waals surface area contributed by atoms with Crippen molar-refractivity contribution in [1.29, 1.82) is 0 Å². The van der Waals surface area contributed by atoms with Crippen LogP contribution < -0.4 is 0 Å². The van der Waals surface area contributed by atoms with Crippen molar-refractivity contribution >= 4 is 23.5 Å². The Balaban J connectivity index is 1.57. The standard InChI is InChI=1S/C33H37N5O2/c1-22(2)32(5)30(39)37(20-24-14-9-7-10-15-24)28(35-32)26-18-13-19-27(34-26)29-36-33(6,23(3)4)31(40)38(29)21-25-16-11-8-12-17-25/h7-19,22-23H,20-21H2,1-6H3/t32-,33-/m1/s1.